The maximum Gasteiger partial charge on any atom is 0.261 e. The lowest BCUT2D eigenvalue weighted by Crippen LogP contribution is -2.40. The van der Waals surface area contributed by atoms with Gasteiger partial charge in [-0.2, -0.15) is 0 Å². The third-order valence-electron chi connectivity index (χ3n) is 5.80. The number of rotatable bonds is 12. The van der Waals surface area contributed by atoms with Crippen LogP contribution in [0.2, 0.25) is 0 Å². The molecule has 1 heterocycles. The zero-order valence-electron chi connectivity index (χ0n) is 20.3. The van der Waals surface area contributed by atoms with Crippen molar-refractivity contribution in [1.82, 2.24) is 14.5 Å². The van der Waals surface area contributed by atoms with E-state index in [4.69, 9.17) is 19.2 Å². The molecule has 0 aliphatic heterocycles. The molecule has 0 saturated heterocycles. The first-order valence-corrected chi connectivity index (χ1v) is 11.5. The summed E-state index contributed by atoms with van der Waals surface area (Å²) in [6, 6.07) is 14.0. The van der Waals surface area contributed by atoms with Gasteiger partial charge in [-0.25, -0.2) is 4.98 Å². The molecule has 34 heavy (non-hydrogen) atoms. The minimum Gasteiger partial charge on any atom is -0.497 e. The zero-order chi connectivity index (χ0) is 24.5. The highest BCUT2D eigenvalue weighted by Gasteiger charge is 2.29. The highest BCUT2D eigenvalue weighted by Crippen LogP contribution is 2.27. The molecule has 2 aromatic carbocycles. The summed E-state index contributed by atoms with van der Waals surface area (Å²) in [6.07, 6.45) is 1.24. The Morgan fingerprint density at radius 2 is 1.82 bits per heavy atom. The monoisotopic (exact) mass is 467 g/mol. The molecular weight excluding hydrogens is 434 g/mol. The smallest absolute Gasteiger partial charge is 0.261 e. The number of hydrogen-bond acceptors (Lipinski definition) is 6. The van der Waals surface area contributed by atoms with Crippen LogP contribution in [-0.4, -0.2) is 61.4 Å². The number of carbonyl (C=O) groups is 1. The third kappa shape index (κ3) is 5.63. The van der Waals surface area contributed by atoms with Gasteiger partial charge in [0.1, 0.15) is 11.6 Å². The second-order valence-corrected chi connectivity index (χ2v) is 7.94. The van der Waals surface area contributed by atoms with Gasteiger partial charge >= 0.3 is 0 Å². The molecule has 0 fully saturated rings. The molecule has 0 radical (unpaired) electrons. The van der Waals surface area contributed by atoms with E-state index >= 15 is 0 Å². The van der Waals surface area contributed by atoms with Gasteiger partial charge in [0.05, 0.1) is 37.2 Å². The van der Waals surface area contributed by atoms with Gasteiger partial charge < -0.3 is 19.1 Å². The van der Waals surface area contributed by atoms with Crippen LogP contribution in [0, 0.1) is 0 Å². The van der Waals surface area contributed by atoms with Crippen LogP contribution in [0.4, 0.5) is 0 Å². The summed E-state index contributed by atoms with van der Waals surface area (Å²) >= 11 is 0. The van der Waals surface area contributed by atoms with E-state index in [1.165, 1.54) is 0 Å². The second-order valence-electron chi connectivity index (χ2n) is 7.94. The third-order valence-corrected chi connectivity index (χ3v) is 5.80. The fourth-order valence-electron chi connectivity index (χ4n) is 4.08. The van der Waals surface area contributed by atoms with E-state index in [0.717, 1.165) is 0 Å². The fourth-order valence-corrected chi connectivity index (χ4v) is 4.08. The number of ether oxygens (including phenoxy) is 3. The average molecular weight is 468 g/mol. The van der Waals surface area contributed by atoms with Crippen LogP contribution in [0.5, 0.6) is 5.75 Å². The standard InChI is InChI=1S/C26H33N3O5/c1-5-23(24-27-22-13-7-6-12-21(22)26(31)29(24)15-17-33-3)28(14-9-16-32-2)25(30)19-10-8-11-20(18-19)34-4/h6-8,10-13,18,23H,5,9,14-17H2,1-4H3. The van der Waals surface area contributed by atoms with Gasteiger partial charge in [0.25, 0.3) is 11.5 Å². The summed E-state index contributed by atoms with van der Waals surface area (Å²) in [7, 11) is 4.81. The highest BCUT2D eigenvalue weighted by molar-refractivity contribution is 5.95. The molecule has 0 bridgehead atoms. The summed E-state index contributed by atoms with van der Waals surface area (Å²) in [5.74, 6) is 1.01. The molecule has 1 aromatic heterocycles. The lowest BCUT2D eigenvalue weighted by atomic mass is 10.1. The van der Waals surface area contributed by atoms with E-state index in [-0.39, 0.29) is 11.5 Å². The van der Waals surface area contributed by atoms with Crippen LogP contribution in [-0.2, 0) is 16.0 Å². The average Bonchev–Trinajstić information content (AvgIpc) is 2.87. The molecule has 0 saturated carbocycles. The summed E-state index contributed by atoms with van der Waals surface area (Å²) in [5, 5.41) is 0.544. The van der Waals surface area contributed by atoms with Crippen molar-refractivity contribution in [2.45, 2.75) is 32.4 Å². The van der Waals surface area contributed by atoms with Gasteiger partial charge in [-0.15, -0.1) is 0 Å². The van der Waals surface area contributed by atoms with Crippen LogP contribution in [0.3, 0.4) is 0 Å². The van der Waals surface area contributed by atoms with Crippen molar-refractivity contribution in [2.24, 2.45) is 0 Å². The number of methoxy groups -OCH3 is 3. The largest absolute Gasteiger partial charge is 0.497 e. The number of fused-ring (bicyclic) bond motifs is 1. The molecular formula is C26H33N3O5. The number of carbonyl (C=O) groups excluding carboxylic acids is 1. The van der Waals surface area contributed by atoms with Crippen molar-refractivity contribution >= 4 is 16.8 Å². The van der Waals surface area contributed by atoms with E-state index in [1.807, 2.05) is 25.1 Å². The Hall–Kier alpha value is -3.23. The minimum absolute atomic E-state index is 0.137. The van der Waals surface area contributed by atoms with Crippen LogP contribution >= 0.6 is 0 Å². The topological polar surface area (TPSA) is 82.9 Å². The molecule has 3 aromatic rings. The summed E-state index contributed by atoms with van der Waals surface area (Å²) in [4.78, 5) is 33.8. The first-order valence-electron chi connectivity index (χ1n) is 11.5. The number of para-hydroxylation sites is 1. The molecule has 0 N–H and O–H groups in total. The van der Waals surface area contributed by atoms with Crippen molar-refractivity contribution in [3.8, 4) is 5.75 Å². The normalized spacial score (nSPS) is 12.0. The van der Waals surface area contributed by atoms with Gasteiger partial charge in [-0.1, -0.05) is 25.1 Å². The number of hydrogen-bond donors (Lipinski definition) is 0. The van der Waals surface area contributed by atoms with Crippen LogP contribution in [0.25, 0.3) is 10.9 Å². The first kappa shape index (κ1) is 25.4. The Balaban J connectivity index is 2.13. The maximum absolute atomic E-state index is 13.7. The van der Waals surface area contributed by atoms with E-state index < -0.39 is 6.04 Å². The molecule has 8 heteroatoms. The SMILES string of the molecule is CCC(c1nc2ccccc2c(=O)n1CCOC)N(CCCOC)C(=O)c1cccc(OC)c1. The number of aromatic nitrogens is 2. The van der Waals surface area contributed by atoms with Crippen molar-refractivity contribution < 1.29 is 19.0 Å². The molecule has 1 atom stereocenters. The molecule has 182 valence electrons. The lowest BCUT2D eigenvalue weighted by molar-refractivity contribution is 0.0629. The minimum atomic E-state index is -0.412. The molecule has 8 nitrogen and oxygen atoms in total. The van der Waals surface area contributed by atoms with Crippen molar-refractivity contribution in [2.75, 3.05) is 41.1 Å². The summed E-state index contributed by atoms with van der Waals surface area (Å²) in [6.45, 7) is 3.67. The Bertz CT molecular complexity index is 1160. The van der Waals surface area contributed by atoms with Crippen molar-refractivity contribution in [3.05, 3.63) is 70.3 Å². The Kier molecular flexibility index (Phi) is 9.18. The Morgan fingerprint density at radius 1 is 1.06 bits per heavy atom. The fraction of sp³-hybridized carbons (Fsp3) is 0.423. The summed E-state index contributed by atoms with van der Waals surface area (Å²) in [5.41, 5.74) is 0.990. The lowest BCUT2D eigenvalue weighted by Gasteiger charge is -2.32. The van der Waals surface area contributed by atoms with E-state index in [1.54, 1.807) is 61.1 Å². The van der Waals surface area contributed by atoms with E-state index in [0.29, 0.717) is 67.2 Å². The van der Waals surface area contributed by atoms with Crippen molar-refractivity contribution in [1.29, 1.82) is 0 Å². The van der Waals surface area contributed by atoms with Gasteiger partial charge in [-0.3, -0.25) is 14.2 Å². The van der Waals surface area contributed by atoms with Gasteiger partial charge in [0.2, 0.25) is 0 Å². The number of benzene rings is 2. The predicted molar refractivity (Wildman–Crippen MR) is 131 cm³/mol. The second kappa shape index (κ2) is 12.3. The quantitative estimate of drug-likeness (QED) is 0.378. The molecule has 3 rings (SSSR count). The maximum atomic E-state index is 13.7. The van der Waals surface area contributed by atoms with Crippen LogP contribution in [0.15, 0.2) is 53.3 Å². The number of nitrogens with zero attached hydrogens (tertiary/aromatic N) is 3. The molecule has 0 aliphatic carbocycles. The Morgan fingerprint density at radius 3 is 2.53 bits per heavy atom. The van der Waals surface area contributed by atoms with Gasteiger partial charge in [0.15, 0.2) is 0 Å². The molecule has 1 amide bonds. The van der Waals surface area contributed by atoms with Crippen LogP contribution < -0.4 is 10.3 Å². The zero-order valence-corrected chi connectivity index (χ0v) is 20.3. The highest BCUT2D eigenvalue weighted by atomic mass is 16.5. The first-order chi connectivity index (χ1) is 16.5. The van der Waals surface area contributed by atoms with Crippen LogP contribution in [0.1, 0.15) is 42.0 Å². The van der Waals surface area contributed by atoms with E-state index in [9.17, 15) is 9.59 Å². The molecule has 0 aliphatic rings. The summed E-state index contributed by atoms with van der Waals surface area (Å²) < 4.78 is 17.5. The number of amides is 1. The van der Waals surface area contributed by atoms with Gasteiger partial charge in [0, 0.05) is 32.9 Å². The van der Waals surface area contributed by atoms with Crippen molar-refractivity contribution in [3.63, 3.8) is 0 Å². The predicted octanol–water partition coefficient (Wildman–Crippen LogP) is 3.68. The Labute approximate surface area is 200 Å². The molecule has 1 unspecified atom stereocenters. The van der Waals surface area contributed by atoms with E-state index in [2.05, 4.69) is 0 Å². The van der Waals surface area contributed by atoms with Gasteiger partial charge in [-0.05, 0) is 43.2 Å². The molecule has 0 spiro atoms.